The van der Waals surface area contributed by atoms with Gasteiger partial charge in [-0.25, -0.2) is 13.8 Å². The van der Waals surface area contributed by atoms with Gasteiger partial charge in [-0.05, 0) is 55.7 Å². The lowest BCUT2D eigenvalue weighted by Gasteiger charge is -2.17. The van der Waals surface area contributed by atoms with E-state index < -0.39 is 0 Å². The monoisotopic (exact) mass is 304 g/mol. The minimum atomic E-state index is -0.328. The highest BCUT2D eigenvalue weighted by Gasteiger charge is 2.11. The van der Waals surface area contributed by atoms with E-state index in [0.717, 1.165) is 5.56 Å². The summed E-state index contributed by atoms with van der Waals surface area (Å²) in [5, 5.41) is 3.28. The van der Waals surface area contributed by atoms with Crippen molar-refractivity contribution < 1.29 is 8.78 Å². The first kappa shape index (κ1) is 16.6. The Kier molecular flexibility index (Phi) is 5.24. The number of benzene rings is 1. The van der Waals surface area contributed by atoms with Crippen molar-refractivity contribution in [3.8, 4) is 11.3 Å². The van der Waals surface area contributed by atoms with Crippen molar-refractivity contribution >= 4 is 0 Å². The number of aromatic nitrogens is 1. The zero-order chi connectivity index (χ0) is 16.3. The largest absolute Gasteiger partial charge is 0.308 e. The number of pyridine rings is 1. The van der Waals surface area contributed by atoms with E-state index in [-0.39, 0.29) is 17.7 Å². The highest BCUT2D eigenvalue weighted by Crippen LogP contribution is 2.21. The molecule has 2 nitrogen and oxygen atoms in total. The summed E-state index contributed by atoms with van der Waals surface area (Å²) in [4.78, 5) is 4.38. The Bertz CT molecular complexity index is 654. The summed E-state index contributed by atoms with van der Waals surface area (Å²) < 4.78 is 27.3. The highest BCUT2D eigenvalue weighted by molar-refractivity contribution is 5.60. The molecule has 2 aromatic rings. The first-order valence-corrected chi connectivity index (χ1v) is 7.54. The Morgan fingerprint density at radius 1 is 1.05 bits per heavy atom. The second-order valence-electron chi connectivity index (χ2n) is 6.00. The van der Waals surface area contributed by atoms with E-state index in [1.54, 1.807) is 25.1 Å². The number of rotatable bonds is 5. The molecule has 0 saturated heterocycles. The van der Waals surface area contributed by atoms with Crippen LogP contribution < -0.4 is 5.32 Å². The second-order valence-corrected chi connectivity index (χ2v) is 6.00. The normalized spacial score (nSPS) is 12.7. The zero-order valence-corrected chi connectivity index (χ0v) is 13.5. The van der Waals surface area contributed by atoms with E-state index in [2.05, 4.69) is 31.1 Å². The summed E-state index contributed by atoms with van der Waals surface area (Å²) in [5.74, 6) is -0.115. The predicted octanol–water partition coefficient (Wildman–Crippen LogP) is 4.47. The van der Waals surface area contributed by atoms with E-state index >= 15 is 0 Å². The van der Waals surface area contributed by atoms with Crippen LogP contribution in [-0.2, 0) is 6.54 Å². The molecule has 22 heavy (non-hydrogen) atoms. The SMILES string of the molecule is Cc1cc(-c2ccc(F)c(CN[C@H](C)C(C)C)n2)ccc1F. The van der Waals surface area contributed by atoms with Gasteiger partial charge in [0.1, 0.15) is 11.6 Å². The van der Waals surface area contributed by atoms with Gasteiger partial charge in [-0.1, -0.05) is 13.8 Å². The third-order valence-electron chi connectivity index (χ3n) is 3.96. The molecule has 1 N–H and O–H groups in total. The lowest BCUT2D eigenvalue weighted by Crippen LogP contribution is -2.30. The minimum Gasteiger partial charge on any atom is -0.308 e. The first-order valence-electron chi connectivity index (χ1n) is 7.54. The molecule has 118 valence electrons. The topological polar surface area (TPSA) is 24.9 Å². The molecule has 0 amide bonds. The summed E-state index contributed by atoms with van der Waals surface area (Å²) in [7, 11) is 0. The summed E-state index contributed by atoms with van der Waals surface area (Å²) in [6.45, 7) is 8.36. The van der Waals surface area contributed by atoms with Crippen LogP contribution in [0.15, 0.2) is 30.3 Å². The van der Waals surface area contributed by atoms with Gasteiger partial charge >= 0.3 is 0 Å². The van der Waals surface area contributed by atoms with Crippen LogP contribution in [0.1, 0.15) is 32.0 Å². The standard InChI is InChI=1S/C18H22F2N2/c1-11(2)13(4)21-10-18-16(20)7-8-17(22-18)14-5-6-15(19)12(3)9-14/h5-9,11,13,21H,10H2,1-4H3/t13-/m1/s1. The van der Waals surface area contributed by atoms with Crippen LogP contribution in [0.5, 0.6) is 0 Å². The molecule has 0 aliphatic rings. The Labute approximate surface area is 130 Å². The van der Waals surface area contributed by atoms with Crippen molar-refractivity contribution in [1.82, 2.24) is 10.3 Å². The Hall–Kier alpha value is -1.81. The molecule has 0 aliphatic heterocycles. The molecular formula is C18H22F2N2. The van der Waals surface area contributed by atoms with Gasteiger partial charge in [-0.3, -0.25) is 0 Å². The molecule has 0 aliphatic carbocycles. The Morgan fingerprint density at radius 3 is 2.36 bits per heavy atom. The van der Waals surface area contributed by atoms with E-state index in [0.29, 0.717) is 29.4 Å². The summed E-state index contributed by atoms with van der Waals surface area (Å²) in [6, 6.07) is 8.11. The Morgan fingerprint density at radius 2 is 1.73 bits per heavy atom. The highest BCUT2D eigenvalue weighted by atomic mass is 19.1. The van der Waals surface area contributed by atoms with Gasteiger partial charge in [0.2, 0.25) is 0 Å². The fourth-order valence-corrected chi connectivity index (χ4v) is 2.07. The van der Waals surface area contributed by atoms with Crippen LogP contribution in [0.4, 0.5) is 8.78 Å². The van der Waals surface area contributed by atoms with Crippen LogP contribution in [0.3, 0.4) is 0 Å². The fourth-order valence-electron chi connectivity index (χ4n) is 2.07. The Balaban J connectivity index is 2.24. The van der Waals surface area contributed by atoms with Crippen LogP contribution in [0.2, 0.25) is 0 Å². The third kappa shape index (κ3) is 3.89. The van der Waals surface area contributed by atoms with Gasteiger partial charge < -0.3 is 5.32 Å². The molecule has 0 radical (unpaired) electrons. The van der Waals surface area contributed by atoms with E-state index in [1.807, 2.05) is 0 Å². The van der Waals surface area contributed by atoms with Crippen molar-refractivity contribution in [3.63, 3.8) is 0 Å². The van der Waals surface area contributed by atoms with Crippen LogP contribution in [0, 0.1) is 24.5 Å². The van der Waals surface area contributed by atoms with Gasteiger partial charge in [-0.15, -0.1) is 0 Å². The number of hydrogen-bond acceptors (Lipinski definition) is 2. The average molecular weight is 304 g/mol. The maximum atomic E-state index is 13.9. The van der Waals surface area contributed by atoms with E-state index in [1.165, 1.54) is 12.1 Å². The van der Waals surface area contributed by atoms with Crippen molar-refractivity contribution in [3.05, 3.63) is 53.2 Å². The molecule has 0 spiro atoms. The number of nitrogens with zero attached hydrogens (tertiary/aromatic N) is 1. The van der Waals surface area contributed by atoms with Gasteiger partial charge in [0.25, 0.3) is 0 Å². The summed E-state index contributed by atoms with van der Waals surface area (Å²) in [6.07, 6.45) is 0. The molecule has 0 bridgehead atoms. The second kappa shape index (κ2) is 6.97. The van der Waals surface area contributed by atoms with Crippen LogP contribution >= 0.6 is 0 Å². The average Bonchev–Trinajstić information content (AvgIpc) is 2.48. The maximum absolute atomic E-state index is 13.9. The fraction of sp³-hybridized carbons (Fsp3) is 0.389. The number of aryl methyl sites for hydroxylation is 1. The maximum Gasteiger partial charge on any atom is 0.146 e. The molecule has 1 atom stereocenters. The molecule has 0 unspecified atom stereocenters. The van der Waals surface area contributed by atoms with Crippen molar-refractivity contribution in [2.75, 3.05) is 0 Å². The summed E-state index contributed by atoms with van der Waals surface area (Å²) >= 11 is 0. The molecule has 1 aromatic heterocycles. The van der Waals surface area contributed by atoms with Crippen molar-refractivity contribution in [1.29, 1.82) is 0 Å². The van der Waals surface area contributed by atoms with Gasteiger partial charge in [0.05, 0.1) is 11.4 Å². The number of halogens is 2. The smallest absolute Gasteiger partial charge is 0.146 e. The lowest BCUT2D eigenvalue weighted by molar-refractivity contribution is 0.418. The predicted molar refractivity (Wildman–Crippen MR) is 85.5 cm³/mol. The first-order chi connectivity index (χ1) is 10.4. The van der Waals surface area contributed by atoms with Crippen molar-refractivity contribution in [2.45, 2.75) is 40.3 Å². The van der Waals surface area contributed by atoms with Crippen LogP contribution in [-0.4, -0.2) is 11.0 Å². The quantitative estimate of drug-likeness (QED) is 0.881. The van der Waals surface area contributed by atoms with Gasteiger partial charge in [0, 0.05) is 18.2 Å². The molecule has 0 fully saturated rings. The molecule has 4 heteroatoms. The molecular weight excluding hydrogens is 282 g/mol. The molecule has 0 saturated carbocycles. The van der Waals surface area contributed by atoms with E-state index in [4.69, 9.17) is 0 Å². The van der Waals surface area contributed by atoms with Gasteiger partial charge in [-0.2, -0.15) is 0 Å². The van der Waals surface area contributed by atoms with E-state index in [9.17, 15) is 8.78 Å². The van der Waals surface area contributed by atoms with Crippen molar-refractivity contribution in [2.24, 2.45) is 5.92 Å². The zero-order valence-electron chi connectivity index (χ0n) is 13.5. The molecule has 1 aromatic carbocycles. The third-order valence-corrected chi connectivity index (χ3v) is 3.96. The minimum absolute atomic E-state index is 0.251. The van der Waals surface area contributed by atoms with Crippen LogP contribution in [0.25, 0.3) is 11.3 Å². The summed E-state index contributed by atoms with van der Waals surface area (Å²) in [5.41, 5.74) is 2.37. The van der Waals surface area contributed by atoms with Gasteiger partial charge in [0.15, 0.2) is 0 Å². The molecule has 2 rings (SSSR count). The number of hydrogen-bond donors (Lipinski definition) is 1. The lowest BCUT2D eigenvalue weighted by atomic mass is 10.1. The molecule has 1 heterocycles. The number of nitrogens with one attached hydrogen (secondary N) is 1.